The van der Waals surface area contributed by atoms with E-state index in [0.29, 0.717) is 11.7 Å². The quantitative estimate of drug-likeness (QED) is 0.864. The molecule has 4 rings (SSSR count). The molecular weight excluding hydrogens is 302 g/mol. The van der Waals surface area contributed by atoms with E-state index in [9.17, 15) is 4.79 Å². The van der Waals surface area contributed by atoms with Gasteiger partial charge in [-0.2, -0.15) is 5.10 Å². The van der Waals surface area contributed by atoms with Crippen molar-refractivity contribution in [3.63, 3.8) is 0 Å². The monoisotopic (exact) mass is 323 g/mol. The molecule has 2 aromatic rings. The highest BCUT2D eigenvalue weighted by Crippen LogP contribution is 2.37. The molecule has 1 fully saturated rings. The van der Waals surface area contributed by atoms with E-state index in [0.717, 1.165) is 29.8 Å². The Morgan fingerprint density at radius 2 is 2.17 bits per heavy atom. The SMILES string of the molecule is CC1=CC2CC1CN2C(=O)Nc1ccc(C)c(-c2ncn(C)n2)c1. The Labute approximate surface area is 141 Å². The summed E-state index contributed by atoms with van der Waals surface area (Å²) in [6, 6.07) is 6.07. The number of nitrogens with zero attached hydrogens (tertiary/aromatic N) is 4. The predicted octanol–water partition coefficient (Wildman–Crippen LogP) is 2.97. The predicted molar refractivity (Wildman–Crippen MR) is 92.6 cm³/mol. The zero-order valence-corrected chi connectivity index (χ0v) is 14.2. The van der Waals surface area contributed by atoms with Gasteiger partial charge in [0.2, 0.25) is 0 Å². The first-order chi connectivity index (χ1) is 11.5. The number of aromatic nitrogens is 3. The fourth-order valence-electron chi connectivity index (χ4n) is 3.63. The van der Waals surface area contributed by atoms with Gasteiger partial charge in [0.15, 0.2) is 5.82 Å². The molecule has 2 unspecified atom stereocenters. The number of anilines is 1. The van der Waals surface area contributed by atoms with Crippen LogP contribution in [0.4, 0.5) is 10.5 Å². The van der Waals surface area contributed by atoms with Crippen LogP contribution in [0.3, 0.4) is 0 Å². The van der Waals surface area contributed by atoms with Crippen molar-refractivity contribution in [1.29, 1.82) is 0 Å². The van der Waals surface area contributed by atoms with E-state index < -0.39 is 0 Å². The van der Waals surface area contributed by atoms with Crippen molar-refractivity contribution >= 4 is 11.7 Å². The van der Waals surface area contributed by atoms with Crippen LogP contribution in [0.2, 0.25) is 0 Å². The molecule has 1 N–H and O–H groups in total. The number of likely N-dealkylation sites (tertiary alicyclic amines) is 1. The smallest absolute Gasteiger partial charge is 0.317 e. The summed E-state index contributed by atoms with van der Waals surface area (Å²) < 4.78 is 1.68. The Morgan fingerprint density at radius 3 is 2.79 bits per heavy atom. The second-order valence-electron chi connectivity index (χ2n) is 6.76. The van der Waals surface area contributed by atoms with Crippen LogP contribution in [-0.2, 0) is 7.05 Å². The standard InChI is InChI=1S/C18H21N5O/c1-11-4-5-14(8-16(11)17-19-10-22(3)21-17)20-18(24)23-9-13-7-15(23)6-12(13)2/h4-6,8,10,13,15H,7,9H2,1-3H3,(H,20,24). The van der Waals surface area contributed by atoms with Gasteiger partial charge in [0.1, 0.15) is 6.33 Å². The molecule has 2 aliphatic rings. The van der Waals surface area contributed by atoms with E-state index in [1.165, 1.54) is 5.57 Å². The second kappa shape index (κ2) is 5.47. The number of fused-ring (bicyclic) bond motifs is 2. The summed E-state index contributed by atoms with van der Waals surface area (Å²) in [4.78, 5) is 18.8. The van der Waals surface area contributed by atoms with E-state index in [-0.39, 0.29) is 12.1 Å². The Balaban J connectivity index is 1.54. The third-order valence-electron chi connectivity index (χ3n) is 5.03. The Morgan fingerprint density at radius 1 is 1.33 bits per heavy atom. The van der Waals surface area contributed by atoms with Gasteiger partial charge in [0.05, 0.1) is 6.04 Å². The first kappa shape index (κ1) is 14.9. The van der Waals surface area contributed by atoms with Gasteiger partial charge < -0.3 is 10.2 Å². The molecule has 2 heterocycles. The number of nitrogens with one attached hydrogen (secondary N) is 1. The van der Waals surface area contributed by atoms with Crippen LogP contribution in [-0.4, -0.2) is 38.3 Å². The summed E-state index contributed by atoms with van der Waals surface area (Å²) in [5.74, 6) is 1.21. The number of benzene rings is 1. The fourth-order valence-corrected chi connectivity index (χ4v) is 3.63. The van der Waals surface area contributed by atoms with Crippen LogP contribution < -0.4 is 5.32 Å². The molecular formula is C18H21N5O. The number of urea groups is 1. The molecule has 2 bridgehead atoms. The van der Waals surface area contributed by atoms with Crippen molar-refractivity contribution in [2.45, 2.75) is 26.3 Å². The largest absolute Gasteiger partial charge is 0.322 e. The van der Waals surface area contributed by atoms with Gasteiger partial charge in [-0.25, -0.2) is 9.78 Å². The second-order valence-corrected chi connectivity index (χ2v) is 6.76. The molecule has 2 amide bonds. The number of hydrogen-bond donors (Lipinski definition) is 1. The van der Waals surface area contributed by atoms with E-state index in [1.807, 2.05) is 37.1 Å². The van der Waals surface area contributed by atoms with E-state index in [1.54, 1.807) is 11.0 Å². The first-order valence-electron chi connectivity index (χ1n) is 8.24. The average molecular weight is 323 g/mol. The lowest BCUT2D eigenvalue weighted by atomic mass is 10.1. The molecule has 1 aromatic carbocycles. The Hall–Kier alpha value is -2.63. The molecule has 1 aliphatic heterocycles. The molecule has 0 saturated carbocycles. The number of carbonyl (C=O) groups excluding carboxylic acids is 1. The molecule has 24 heavy (non-hydrogen) atoms. The van der Waals surface area contributed by atoms with Crippen LogP contribution >= 0.6 is 0 Å². The van der Waals surface area contributed by atoms with Gasteiger partial charge in [0, 0.05) is 24.8 Å². The average Bonchev–Trinajstić information content (AvgIpc) is 3.24. The third-order valence-corrected chi connectivity index (χ3v) is 5.03. The topological polar surface area (TPSA) is 63.1 Å². The molecule has 6 heteroatoms. The fraction of sp³-hybridized carbons (Fsp3) is 0.389. The van der Waals surface area contributed by atoms with Crippen molar-refractivity contribution < 1.29 is 4.79 Å². The molecule has 1 saturated heterocycles. The lowest BCUT2D eigenvalue weighted by molar-refractivity contribution is 0.212. The third kappa shape index (κ3) is 2.48. The summed E-state index contributed by atoms with van der Waals surface area (Å²) in [6.45, 7) is 5.00. The van der Waals surface area contributed by atoms with Gasteiger partial charge in [0.25, 0.3) is 0 Å². The minimum Gasteiger partial charge on any atom is -0.317 e. The van der Waals surface area contributed by atoms with Crippen molar-refractivity contribution in [3.05, 3.63) is 41.7 Å². The maximum absolute atomic E-state index is 12.6. The molecule has 1 aromatic heterocycles. The van der Waals surface area contributed by atoms with Crippen molar-refractivity contribution in [3.8, 4) is 11.4 Å². The van der Waals surface area contributed by atoms with Crippen LogP contribution in [0.25, 0.3) is 11.4 Å². The lowest BCUT2D eigenvalue weighted by Gasteiger charge is -2.25. The number of amides is 2. The van der Waals surface area contributed by atoms with E-state index in [4.69, 9.17) is 0 Å². The first-order valence-corrected chi connectivity index (χ1v) is 8.24. The zero-order chi connectivity index (χ0) is 16.8. The van der Waals surface area contributed by atoms with Gasteiger partial charge in [-0.15, -0.1) is 0 Å². The molecule has 0 spiro atoms. The summed E-state index contributed by atoms with van der Waals surface area (Å²) in [5, 5.41) is 7.38. The Kier molecular flexibility index (Phi) is 3.40. The molecule has 1 aliphatic carbocycles. The van der Waals surface area contributed by atoms with Gasteiger partial charge >= 0.3 is 6.03 Å². The van der Waals surface area contributed by atoms with Gasteiger partial charge in [-0.3, -0.25) is 4.68 Å². The van der Waals surface area contributed by atoms with Crippen LogP contribution in [0, 0.1) is 12.8 Å². The van der Waals surface area contributed by atoms with Crippen LogP contribution in [0.1, 0.15) is 18.9 Å². The van der Waals surface area contributed by atoms with E-state index in [2.05, 4.69) is 28.4 Å². The maximum Gasteiger partial charge on any atom is 0.322 e. The number of rotatable bonds is 2. The number of aryl methyl sites for hydroxylation is 2. The summed E-state index contributed by atoms with van der Waals surface area (Å²) >= 11 is 0. The molecule has 0 radical (unpaired) electrons. The Bertz CT molecular complexity index is 838. The minimum absolute atomic E-state index is 0.0324. The van der Waals surface area contributed by atoms with Crippen molar-refractivity contribution in [2.24, 2.45) is 13.0 Å². The summed E-state index contributed by atoms with van der Waals surface area (Å²) in [6.07, 6.45) is 4.96. The highest BCUT2D eigenvalue weighted by molar-refractivity contribution is 5.91. The minimum atomic E-state index is -0.0324. The number of carbonyl (C=O) groups is 1. The van der Waals surface area contributed by atoms with Crippen LogP contribution in [0.5, 0.6) is 0 Å². The maximum atomic E-state index is 12.6. The van der Waals surface area contributed by atoms with E-state index >= 15 is 0 Å². The normalized spacial score (nSPS) is 22.0. The zero-order valence-electron chi connectivity index (χ0n) is 14.2. The highest BCUT2D eigenvalue weighted by atomic mass is 16.2. The molecule has 124 valence electrons. The lowest BCUT2D eigenvalue weighted by Crippen LogP contribution is -2.39. The molecule has 6 nitrogen and oxygen atoms in total. The van der Waals surface area contributed by atoms with Gasteiger partial charge in [-0.05, 0) is 43.9 Å². The van der Waals surface area contributed by atoms with Crippen LogP contribution in [0.15, 0.2) is 36.2 Å². The highest BCUT2D eigenvalue weighted by Gasteiger charge is 2.39. The number of hydrogen-bond acceptors (Lipinski definition) is 3. The van der Waals surface area contributed by atoms with Crippen molar-refractivity contribution in [1.82, 2.24) is 19.7 Å². The van der Waals surface area contributed by atoms with Gasteiger partial charge in [-0.1, -0.05) is 17.7 Å². The molecule has 2 atom stereocenters. The summed E-state index contributed by atoms with van der Waals surface area (Å²) in [7, 11) is 1.84. The summed E-state index contributed by atoms with van der Waals surface area (Å²) in [5.41, 5.74) is 4.21. The van der Waals surface area contributed by atoms with Crippen molar-refractivity contribution in [2.75, 3.05) is 11.9 Å².